The third kappa shape index (κ3) is 5.50. The fourth-order valence-corrected chi connectivity index (χ4v) is 4.55. The van der Waals surface area contributed by atoms with Crippen molar-refractivity contribution in [2.45, 2.75) is 39.5 Å². The van der Waals surface area contributed by atoms with Crippen LogP contribution >= 0.6 is 11.5 Å². The van der Waals surface area contributed by atoms with Gasteiger partial charge in [0.25, 0.3) is 5.91 Å². The van der Waals surface area contributed by atoms with E-state index >= 15 is 0 Å². The topological polar surface area (TPSA) is 49.3 Å². The molecule has 1 saturated heterocycles. The minimum atomic E-state index is 0.124. The van der Waals surface area contributed by atoms with Crippen LogP contribution in [-0.4, -0.2) is 46.3 Å². The minimum absolute atomic E-state index is 0.124. The highest BCUT2D eigenvalue weighted by Crippen LogP contribution is 2.21. The number of rotatable bonds is 7. The summed E-state index contributed by atoms with van der Waals surface area (Å²) in [5.41, 5.74) is 4.58. The van der Waals surface area contributed by atoms with Crippen molar-refractivity contribution >= 4 is 22.6 Å². The lowest BCUT2D eigenvalue weighted by Crippen LogP contribution is -2.48. The van der Waals surface area contributed by atoms with Gasteiger partial charge in [0.15, 0.2) is 0 Å². The fraction of sp³-hybridized carbons (Fsp3) is 0.400. The summed E-state index contributed by atoms with van der Waals surface area (Å²) in [4.78, 5) is 21.8. The smallest absolute Gasteiger partial charge is 0.253 e. The number of piperazine rings is 1. The maximum atomic E-state index is 12.9. The second-order valence-corrected chi connectivity index (χ2v) is 8.97. The number of carbonyl (C=O) groups excluding carboxylic acids is 1. The Hall–Kier alpha value is -2.73. The molecule has 0 aliphatic carbocycles. The van der Waals surface area contributed by atoms with Crippen LogP contribution in [0.3, 0.4) is 0 Å². The van der Waals surface area contributed by atoms with E-state index in [2.05, 4.69) is 59.5 Å². The highest BCUT2D eigenvalue weighted by molar-refractivity contribution is 7.09. The second kappa shape index (κ2) is 10.1. The number of anilines is 1. The van der Waals surface area contributed by atoms with Crippen molar-refractivity contribution < 1.29 is 4.79 Å². The molecule has 0 bridgehead atoms. The van der Waals surface area contributed by atoms with Crippen LogP contribution in [0.15, 0.2) is 48.5 Å². The van der Waals surface area contributed by atoms with E-state index in [9.17, 15) is 4.79 Å². The van der Waals surface area contributed by atoms with Gasteiger partial charge in [-0.3, -0.25) is 4.79 Å². The number of aromatic nitrogens is 2. The Balaban J connectivity index is 1.31. The Morgan fingerprint density at radius 3 is 2.32 bits per heavy atom. The van der Waals surface area contributed by atoms with Crippen molar-refractivity contribution in [2.75, 3.05) is 31.1 Å². The van der Waals surface area contributed by atoms with E-state index in [-0.39, 0.29) is 5.91 Å². The van der Waals surface area contributed by atoms with Gasteiger partial charge in [-0.2, -0.15) is 4.37 Å². The Morgan fingerprint density at radius 2 is 1.65 bits per heavy atom. The number of aryl methyl sites for hydroxylation is 2. The van der Waals surface area contributed by atoms with Crippen molar-refractivity contribution in [2.24, 2.45) is 0 Å². The molecule has 0 atom stereocenters. The van der Waals surface area contributed by atoms with E-state index in [0.717, 1.165) is 42.5 Å². The quantitative estimate of drug-likeness (QED) is 0.539. The zero-order valence-corrected chi connectivity index (χ0v) is 19.2. The maximum Gasteiger partial charge on any atom is 0.253 e. The van der Waals surface area contributed by atoms with Gasteiger partial charge >= 0.3 is 0 Å². The van der Waals surface area contributed by atoms with Crippen molar-refractivity contribution in [1.82, 2.24) is 14.3 Å². The molecule has 3 aromatic rings. The van der Waals surface area contributed by atoms with E-state index in [1.54, 1.807) is 0 Å². The number of benzene rings is 2. The van der Waals surface area contributed by atoms with E-state index in [4.69, 9.17) is 4.98 Å². The van der Waals surface area contributed by atoms with E-state index in [1.807, 2.05) is 17.0 Å². The fourth-order valence-electron chi connectivity index (χ4n) is 3.81. The molecule has 31 heavy (non-hydrogen) atoms. The summed E-state index contributed by atoms with van der Waals surface area (Å²) in [6.07, 6.45) is 4.21. The molecule has 1 aliphatic rings. The maximum absolute atomic E-state index is 12.9. The van der Waals surface area contributed by atoms with Crippen LogP contribution in [0.5, 0.6) is 0 Å². The third-order valence-electron chi connectivity index (χ3n) is 5.80. The van der Waals surface area contributed by atoms with Gasteiger partial charge in [0.05, 0.1) is 0 Å². The van der Waals surface area contributed by atoms with Gasteiger partial charge in [-0.25, -0.2) is 4.98 Å². The highest BCUT2D eigenvalue weighted by Gasteiger charge is 2.24. The first-order valence-corrected chi connectivity index (χ1v) is 11.9. The molecule has 0 saturated carbocycles. The highest BCUT2D eigenvalue weighted by atomic mass is 32.1. The van der Waals surface area contributed by atoms with Crippen LogP contribution in [0.1, 0.15) is 52.6 Å². The van der Waals surface area contributed by atoms with Crippen molar-refractivity contribution in [3.05, 3.63) is 76.6 Å². The number of nitrogens with zero attached hydrogens (tertiary/aromatic N) is 4. The predicted octanol–water partition coefficient (Wildman–Crippen LogP) is 4.74. The standard InChI is InChI=1S/C25H30N4OS/c1-3-4-5-20-10-12-22(13-11-20)24(30)28-14-16-29(17-15-28)25-26-23(27-31-25)18-21-8-6-19(2)7-9-21/h6-13H,3-5,14-18H2,1-2H3. The largest absolute Gasteiger partial charge is 0.343 e. The van der Waals surface area contributed by atoms with Gasteiger partial charge in [0.2, 0.25) is 5.13 Å². The molecule has 1 amide bonds. The molecule has 1 fully saturated rings. The summed E-state index contributed by atoms with van der Waals surface area (Å²) < 4.78 is 4.55. The van der Waals surface area contributed by atoms with Gasteiger partial charge in [-0.1, -0.05) is 55.3 Å². The molecule has 0 N–H and O–H groups in total. The molecule has 2 heterocycles. The van der Waals surface area contributed by atoms with Crippen LogP contribution in [0.25, 0.3) is 0 Å². The summed E-state index contributed by atoms with van der Waals surface area (Å²) >= 11 is 1.45. The van der Waals surface area contributed by atoms with Gasteiger partial charge in [-0.15, -0.1) is 0 Å². The van der Waals surface area contributed by atoms with Crippen LogP contribution in [0.2, 0.25) is 0 Å². The van der Waals surface area contributed by atoms with E-state index in [0.29, 0.717) is 13.1 Å². The van der Waals surface area contributed by atoms with Crippen molar-refractivity contribution in [3.8, 4) is 0 Å². The lowest BCUT2D eigenvalue weighted by Gasteiger charge is -2.34. The van der Waals surface area contributed by atoms with Crippen LogP contribution < -0.4 is 4.90 Å². The number of carbonyl (C=O) groups is 1. The molecule has 5 nitrogen and oxygen atoms in total. The van der Waals surface area contributed by atoms with Crippen LogP contribution in [0, 0.1) is 6.92 Å². The molecular weight excluding hydrogens is 404 g/mol. The third-order valence-corrected chi connectivity index (χ3v) is 6.61. The molecule has 162 valence electrons. The zero-order valence-electron chi connectivity index (χ0n) is 18.4. The molecule has 0 radical (unpaired) electrons. The average molecular weight is 435 g/mol. The first-order chi connectivity index (χ1) is 15.1. The number of amides is 1. The van der Waals surface area contributed by atoms with E-state index in [1.165, 1.54) is 41.1 Å². The second-order valence-electron chi connectivity index (χ2n) is 8.24. The normalized spacial score (nSPS) is 14.1. The first kappa shape index (κ1) is 21.5. The Bertz CT molecular complexity index is 989. The summed E-state index contributed by atoms with van der Waals surface area (Å²) in [6.45, 7) is 7.30. The molecule has 6 heteroatoms. The van der Waals surface area contributed by atoms with E-state index < -0.39 is 0 Å². The predicted molar refractivity (Wildman–Crippen MR) is 127 cm³/mol. The minimum Gasteiger partial charge on any atom is -0.343 e. The van der Waals surface area contributed by atoms with Crippen molar-refractivity contribution in [3.63, 3.8) is 0 Å². The molecule has 1 aliphatic heterocycles. The van der Waals surface area contributed by atoms with Gasteiger partial charge in [0.1, 0.15) is 5.82 Å². The van der Waals surface area contributed by atoms with Crippen LogP contribution in [-0.2, 0) is 12.8 Å². The summed E-state index contributed by atoms with van der Waals surface area (Å²) in [6, 6.07) is 16.7. The zero-order chi connectivity index (χ0) is 21.6. The molecule has 0 unspecified atom stereocenters. The number of unbranched alkanes of at least 4 members (excludes halogenated alkanes) is 1. The molecule has 4 rings (SSSR count). The van der Waals surface area contributed by atoms with Gasteiger partial charge < -0.3 is 9.80 Å². The summed E-state index contributed by atoms with van der Waals surface area (Å²) in [7, 11) is 0. The van der Waals surface area contributed by atoms with Crippen LogP contribution in [0.4, 0.5) is 5.13 Å². The average Bonchev–Trinajstić information content (AvgIpc) is 3.28. The SMILES string of the molecule is CCCCc1ccc(C(=O)N2CCN(c3nc(Cc4ccc(C)cc4)ns3)CC2)cc1. The van der Waals surface area contributed by atoms with Gasteiger partial charge in [0, 0.05) is 49.7 Å². The Labute approximate surface area is 188 Å². The van der Waals surface area contributed by atoms with Crippen molar-refractivity contribution in [1.29, 1.82) is 0 Å². The number of hydrogen-bond donors (Lipinski definition) is 0. The molecule has 1 aromatic heterocycles. The first-order valence-electron chi connectivity index (χ1n) is 11.1. The summed E-state index contributed by atoms with van der Waals surface area (Å²) in [5, 5.41) is 0.953. The molecular formula is C25H30N4OS. The Kier molecular flexibility index (Phi) is 6.97. The summed E-state index contributed by atoms with van der Waals surface area (Å²) in [5.74, 6) is 0.990. The lowest BCUT2D eigenvalue weighted by molar-refractivity contribution is 0.0746. The monoisotopic (exact) mass is 434 g/mol. The molecule has 2 aromatic carbocycles. The Morgan fingerprint density at radius 1 is 0.968 bits per heavy atom. The number of hydrogen-bond acceptors (Lipinski definition) is 5. The molecule has 0 spiro atoms. The lowest BCUT2D eigenvalue weighted by atomic mass is 10.1. The van der Waals surface area contributed by atoms with Gasteiger partial charge in [-0.05, 0) is 43.0 Å².